The van der Waals surface area contributed by atoms with Crippen molar-refractivity contribution in [2.75, 3.05) is 4.90 Å². The van der Waals surface area contributed by atoms with Gasteiger partial charge in [0.25, 0.3) is 0 Å². The van der Waals surface area contributed by atoms with Crippen LogP contribution < -0.4 is 4.90 Å². The van der Waals surface area contributed by atoms with Gasteiger partial charge < -0.3 is 4.90 Å². The molecular weight excluding hydrogens is 658 g/mol. The lowest BCUT2D eigenvalue weighted by atomic mass is 9.69. The summed E-state index contributed by atoms with van der Waals surface area (Å²) in [5.74, 6) is -0.226. The van der Waals surface area contributed by atoms with Gasteiger partial charge in [0.15, 0.2) is 0 Å². The van der Waals surface area contributed by atoms with Crippen molar-refractivity contribution < 1.29 is 4.39 Å². The summed E-state index contributed by atoms with van der Waals surface area (Å²) in [6.45, 7) is 4.65. The molecule has 54 heavy (non-hydrogen) atoms. The first kappa shape index (κ1) is 31.1. The van der Waals surface area contributed by atoms with Crippen LogP contribution in [0.5, 0.6) is 0 Å². The van der Waals surface area contributed by atoms with E-state index in [1.807, 2.05) is 6.07 Å². The maximum atomic E-state index is 15.8. The molecule has 0 N–H and O–H groups in total. The molecule has 2 heteroatoms. The zero-order chi connectivity index (χ0) is 36.2. The van der Waals surface area contributed by atoms with Gasteiger partial charge in [-0.05, 0) is 126 Å². The fourth-order valence-corrected chi connectivity index (χ4v) is 9.89. The highest BCUT2D eigenvalue weighted by Crippen LogP contribution is 2.64. The molecule has 1 nitrogen and oxygen atoms in total. The second-order valence-electron chi connectivity index (χ2n) is 15.4. The van der Waals surface area contributed by atoms with Crippen LogP contribution in [0.4, 0.5) is 21.5 Å². The Morgan fingerprint density at radius 2 is 0.796 bits per heavy atom. The van der Waals surface area contributed by atoms with E-state index in [9.17, 15) is 0 Å². The van der Waals surface area contributed by atoms with Crippen molar-refractivity contribution in [2.24, 2.45) is 0 Å². The van der Waals surface area contributed by atoms with Crippen molar-refractivity contribution >= 4 is 17.1 Å². The molecule has 0 saturated carbocycles. The minimum atomic E-state index is -0.753. The average molecular weight is 694 g/mol. The highest BCUT2D eigenvalue weighted by molar-refractivity contribution is 5.98. The number of para-hydroxylation sites is 2. The van der Waals surface area contributed by atoms with Crippen LogP contribution in [0.25, 0.3) is 44.5 Å². The molecular formula is C52H36FN. The molecule has 0 bridgehead atoms. The van der Waals surface area contributed by atoms with Gasteiger partial charge in [-0.15, -0.1) is 0 Å². The Labute approximate surface area is 315 Å². The second-order valence-corrected chi connectivity index (χ2v) is 15.4. The van der Waals surface area contributed by atoms with Gasteiger partial charge in [0.1, 0.15) is 5.82 Å². The highest BCUT2D eigenvalue weighted by Gasteiger charge is 2.52. The van der Waals surface area contributed by atoms with E-state index in [-0.39, 0.29) is 11.2 Å². The van der Waals surface area contributed by atoms with Crippen LogP contribution in [0.3, 0.4) is 0 Å². The maximum absolute atomic E-state index is 15.8. The average Bonchev–Trinajstić information content (AvgIpc) is 3.67. The lowest BCUT2D eigenvalue weighted by molar-refractivity contribution is 0.622. The smallest absolute Gasteiger partial charge is 0.123 e. The summed E-state index contributed by atoms with van der Waals surface area (Å²) in [5.41, 5.74) is 18.9. The fourth-order valence-electron chi connectivity index (χ4n) is 9.89. The second kappa shape index (κ2) is 11.2. The molecule has 256 valence electrons. The van der Waals surface area contributed by atoms with Crippen LogP contribution in [-0.4, -0.2) is 0 Å². The van der Waals surface area contributed by atoms with Gasteiger partial charge in [-0.25, -0.2) is 4.39 Å². The Morgan fingerprint density at radius 3 is 1.33 bits per heavy atom. The topological polar surface area (TPSA) is 3.24 Å². The monoisotopic (exact) mass is 693 g/mol. The van der Waals surface area contributed by atoms with E-state index in [2.05, 4.69) is 183 Å². The Balaban J connectivity index is 1.24. The van der Waals surface area contributed by atoms with Gasteiger partial charge in [0.05, 0.1) is 16.8 Å². The molecule has 1 unspecified atom stereocenters. The van der Waals surface area contributed by atoms with Gasteiger partial charge in [0, 0.05) is 11.1 Å². The summed E-state index contributed by atoms with van der Waals surface area (Å²) in [4.78, 5) is 2.44. The molecule has 1 aliphatic heterocycles. The molecule has 1 heterocycles. The van der Waals surface area contributed by atoms with Gasteiger partial charge in [-0.1, -0.05) is 147 Å². The zero-order valence-corrected chi connectivity index (χ0v) is 30.1. The van der Waals surface area contributed by atoms with Crippen molar-refractivity contribution in [3.05, 3.63) is 221 Å². The predicted molar refractivity (Wildman–Crippen MR) is 220 cm³/mol. The summed E-state index contributed by atoms with van der Waals surface area (Å²) in [6.07, 6.45) is 0. The summed E-state index contributed by atoms with van der Waals surface area (Å²) in [5, 5.41) is 0. The molecule has 0 radical (unpaired) electrons. The first-order valence-electron chi connectivity index (χ1n) is 18.8. The van der Waals surface area contributed by atoms with Crippen molar-refractivity contribution in [3.63, 3.8) is 0 Å². The molecule has 8 aromatic carbocycles. The van der Waals surface area contributed by atoms with E-state index in [0.717, 1.165) is 44.6 Å². The third kappa shape index (κ3) is 4.14. The molecule has 2 aliphatic carbocycles. The minimum Gasteiger partial charge on any atom is -0.310 e. The van der Waals surface area contributed by atoms with Gasteiger partial charge in [0.2, 0.25) is 0 Å². The number of nitrogens with zero attached hydrogens (tertiary/aromatic N) is 1. The molecule has 0 aromatic heterocycles. The van der Waals surface area contributed by atoms with Crippen molar-refractivity contribution in [2.45, 2.75) is 24.7 Å². The first-order chi connectivity index (χ1) is 26.4. The summed E-state index contributed by atoms with van der Waals surface area (Å²) < 4.78 is 15.8. The molecule has 0 amide bonds. The fraction of sp³-hybridized carbons (Fsp3) is 0.0769. The molecule has 3 aliphatic rings. The number of fused-ring (bicyclic) bond motifs is 12. The highest BCUT2D eigenvalue weighted by atomic mass is 19.1. The van der Waals surface area contributed by atoms with E-state index in [0.29, 0.717) is 0 Å². The van der Waals surface area contributed by atoms with Crippen molar-refractivity contribution in [1.82, 2.24) is 0 Å². The summed E-state index contributed by atoms with van der Waals surface area (Å²) in [7, 11) is 0. The van der Waals surface area contributed by atoms with Gasteiger partial charge >= 0.3 is 0 Å². The third-order valence-corrected chi connectivity index (χ3v) is 12.3. The first-order valence-corrected chi connectivity index (χ1v) is 18.8. The van der Waals surface area contributed by atoms with Crippen LogP contribution in [0.2, 0.25) is 0 Å². The molecule has 0 fully saturated rings. The van der Waals surface area contributed by atoms with E-state index < -0.39 is 5.41 Å². The van der Waals surface area contributed by atoms with E-state index in [1.165, 1.54) is 50.3 Å². The Hall–Kier alpha value is -6.51. The Kier molecular flexibility index (Phi) is 6.47. The number of hydrogen-bond acceptors (Lipinski definition) is 1. The zero-order valence-electron chi connectivity index (χ0n) is 30.1. The number of hydrogen-bond donors (Lipinski definition) is 0. The molecule has 1 spiro atoms. The van der Waals surface area contributed by atoms with E-state index in [4.69, 9.17) is 0 Å². The molecule has 11 rings (SSSR count). The minimum absolute atomic E-state index is 0.166. The normalized spacial score (nSPS) is 16.6. The largest absolute Gasteiger partial charge is 0.310 e. The number of rotatable bonds is 3. The predicted octanol–water partition coefficient (Wildman–Crippen LogP) is 13.6. The lowest BCUT2D eigenvalue weighted by Crippen LogP contribution is -2.31. The van der Waals surface area contributed by atoms with Crippen molar-refractivity contribution in [1.29, 1.82) is 0 Å². The quantitative estimate of drug-likeness (QED) is 0.178. The van der Waals surface area contributed by atoms with E-state index >= 15 is 4.39 Å². The standard InChI is InChI=1S/C52H36FN/c1-51(2)43-17-9-11-19-49(43)54(50-20-12-10-18-44(50)51)38-24-28-42-40-26-22-36(34-15-7-4-8-16-34)30-46(40)52(48(42)32-38)45-29-35(33-13-5-3-6-14-33)21-25-39(45)41-27-23-37(53)31-47(41)52/h3-32H,1-2H3. The van der Waals surface area contributed by atoms with Gasteiger partial charge in [-0.2, -0.15) is 0 Å². The van der Waals surface area contributed by atoms with E-state index in [1.54, 1.807) is 12.1 Å². The van der Waals surface area contributed by atoms with Crippen LogP contribution in [0, 0.1) is 5.82 Å². The van der Waals surface area contributed by atoms with Crippen LogP contribution in [0.15, 0.2) is 182 Å². The maximum Gasteiger partial charge on any atom is 0.123 e. The Morgan fingerprint density at radius 1 is 0.370 bits per heavy atom. The molecule has 0 saturated heterocycles. The van der Waals surface area contributed by atoms with Crippen LogP contribution in [0.1, 0.15) is 47.2 Å². The summed E-state index contributed by atoms with van der Waals surface area (Å²) >= 11 is 0. The molecule has 1 atom stereocenters. The van der Waals surface area contributed by atoms with Crippen LogP contribution in [-0.2, 0) is 10.8 Å². The lowest BCUT2D eigenvalue weighted by Gasteiger charge is -2.42. The number of halogens is 1. The number of benzene rings is 8. The number of anilines is 3. The van der Waals surface area contributed by atoms with Gasteiger partial charge in [-0.3, -0.25) is 0 Å². The Bertz CT molecular complexity index is 2710. The third-order valence-electron chi connectivity index (χ3n) is 12.3. The summed E-state index contributed by atoms with van der Waals surface area (Å²) in [6, 6.07) is 64.9. The molecule has 8 aromatic rings. The van der Waals surface area contributed by atoms with Crippen LogP contribution >= 0.6 is 0 Å². The SMILES string of the molecule is CC1(C)c2ccccc2N(c2ccc3c(c2)C2(c4cc(F)ccc4-c4ccc(-c5ccccc5)cc42)c2cc(-c4ccccc4)ccc2-3)c2ccccc21. The van der Waals surface area contributed by atoms with Crippen molar-refractivity contribution in [3.8, 4) is 44.5 Å².